The van der Waals surface area contributed by atoms with Crippen molar-refractivity contribution in [3.8, 4) is 0 Å². The molecule has 114 heavy (non-hydrogen) atoms. The van der Waals surface area contributed by atoms with Gasteiger partial charge in [0.05, 0.1) is 19.6 Å². The van der Waals surface area contributed by atoms with E-state index in [2.05, 4.69) is 10.6 Å². The minimum absolute atomic E-state index is 0.757. The molecule has 5 fully saturated rings. The normalized spacial score (nSPS) is 31.6. The smallest absolute Gasteiger partial charge is 0.366 e. The minimum atomic E-state index is -3.34. The molecule has 0 saturated carbocycles. The van der Waals surface area contributed by atoms with E-state index < -0.39 is 306 Å². The van der Waals surface area contributed by atoms with Gasteiger partial charge in [0.25, 0.3) is 5.79 Å². The summed E-state index contributed by atoms with van der Waals surface area (Å²) in [6, 6.07) is -3.99. The van der Waals surface area contributed by atoms with Crippen LogP contribution in [0.1, 0.15) is 124 Å². The number of carbonyl (C=O) groups is 18. The Kier molecular flexibility index (Phi) is 35.7. The molecule has 0 bridgehead atoms. The van der Waals surface area contributed by atoms with Crippen molar-refractivity contribution >= 4 is 107 Å². The maximum absolute atomic E-state index is 15.1. The first-order valence-electron chi connectivity index (χ1n) is 34.9. The van der Waals surface area contributed by atoms with Gasteiger partial charge in [-0.15, -0.1) is 0 Å². The summed E-state index contributed by atoms with van der Waals surface area (Å²) in [6.45, 7) is 10.1. The van der Waals surface area contributed by atoms with E-state index in [1.807, 2.05) is 0 Å². The van der Waals surface area contributed by atoms with E-state index in [9.17, 15) is 86.6 Å². The monoisotopic (exact) mass is 1640 g/mol. The van der Waals surface area contributed by atoms with E-state index in [1.165, 1.54) is 0 Å². The summed E-state index contributed by atoms with van der Waals surface area (Å²) < 4.78 is 147. The first-order valence-corrected chi connectivity index (χ1v) is 34.9. The van der Waals surface area contributed by atoms with Gasteiger partial charge in [0, 0.05) is 118 Å². The van der Waals surface area contributed by atoms with Gasteiger partial charge in [0.15, 0.2) is 80.1 Å². The van der Waals surface area contributed by atoms with Crippen LogP contribution in [0.25, 0.3) is 0 Å². The zero-order valence-electron chi connectivity index (χ0n) is 65.2. The Bertz CT molecular complexity index is 3510. The van der Waals surface area contributed by atoms with E-state index in [0.29, 0.717) is 0 Å². The number of methoxy groups -OCH3 is 1. The molecule has 46 heteroatoms. The highest BCUT2D eigenvalue weighted by Crippen LogP contribution is 2.44. The predicted octanol–water partition coefficient (Wildman–Crippen LogP) is -3.78. The molecule has 0 spiro atoms. The number of aliphatic hydroxyl groups is 1. The van der Waals surface area contributed by atoms with Crippen LogP contribution in [0.5, 0.6) is 0 Å². The Morgan fingerprint density at radius 2 is 0.711 bits per heavy atom. The van der Waals surface area contributed by atoms with Crippen molar-refractivity contribution in [2.24, 2.45) is 0 Å². The molecule has 0 radical (unpaired) electrons. The molecule has 0 aromatic rings. The highest BCUT2D eigenvalue weighted by atomic mass is 16.8. The minimum Gasteiger partial charge on any atom is -0.465 e. The molecule has 0 aliphatic carbocycles. The van der Waals surface area contributed by atoms with Crippen molar-refractivity contribution < 1.29 is 210 Å². The third kappa shape index (κ3) is 27.7. The lowest BCUT2D eigenvalue weighted by Crippen LogP contribution is -2.73. The largest absolute Gasteiger partial charge is 0.465 e. The van der Waals surface area contributed by atoms with Gasteiger partial charge in [-0.25, -0.2) is 4.79 Å². The molecule has 26 atom stereocenters. The van der Waals surface area contributed by atoms with Gasteiger partial charge >= 0.3 is 95.5 Å². The Labute approximate surface area is 649 Å². The molecule has 46 nitrogen and oxygen atoms in total. The lowest BCUT2D eigenvalue weighted by atomic mass is 9.87. The van der Waals surface area contributed by atoms with Crippen molar-refractivity contribution in [2.75, 3.05) is 40.1 Å². The third-order valence-electron chi connectivity index (χ3n) is 16.4. The molecule has 1 unspecified atom stereocenters. The van der Waals surface area contributed by atoms with E-state index in [4.69, 9.17) is 118 Å². The number of carbonyl (C=O) groups excluding carboxylic acids is 18. The van der Waals surface area contributed by atoms with Crippen LogP contribution in [0.4, 0.5) is 0 Å². The average molecular weight is 1640 g/mol. The van der Waals surface area contributed by atoms with Crippen LogP contribution < -0.4 is 10.6 Å². The van der Waals surface area contributed by atoms with E-state index in [1.54, 1.807) is 0 Å². The summed E-state index contributed by atoms with van der Waals surface area (Å²) in [5, 5.41) is 16.2. The quantitative estimate of drug-likeness (QED) is 0.0419. The van der Waals surface area contributed by atoms with E-state index >= 15 is 4.79 Å². The molecule has 5 saturated heterocycles. The zero-order chi connectivity index (χ0) is 85.7. The standard InChI is InChI=1S/C68H94N2O44/c1-25(71)69-48-42(96-32(8)78)19-68(67(89)90-18,113-56(48)51(98-34(10)80)43(97-33(9)79)20-91-27(3)73)114-59-54(100-36(12)82)47(24-95-31(7)77)109-66(62(59)105-41(17)87)110-50-45(22-93-29(5)75)107-64(49(70-26(2)72)55(50)101-37(13)83)112-58-52(99-35(11)81)46(23-94-30(6)76)108-65(61(58)104-40(16)86)111-53-44(21-92-28(4)74)106-63(88)60(103-39(15)85)57(53)102-38(14)84/h42-66,88H,19-24H2,1-18H3,(H,69,71)(H,70,72)/t42-,43+,44+,45+,46+,47+,48+,49+,50+,51+,52-,53+,54-,55+,56+,57-,58-,59-,60+,61+,62+,63?,64-,65-,66-,68-/m0/s1. The number of rotatable bonds is 33. The SMILES string of the molecule is COC(=O)[C@@]1(O[C@H]2[C@@H](OC(C)=O)[C@@H](COC(C)=O)O[C@@H](O[C@H]3[C@H](OC(C)=O)[C@@H](NC(C)=O)[C@H](O[C@H]4[C@@H](OC(C)=O)[C@@H](COC(C)=O)O[C@@H](O[C@H]5[C@H](OC(C)=O)[C@@H](OC(C)=O)C(O)O[C@@H]5COC(C)=O)[C@@H]4OC(C)=O)O[C@@H]3COC(C)=O)[C@@H]2OC(C)=O)C[C@H](OC(C)=O)[C@@H](NC(C)=O)[C@H]([C@H](OC(C)=O)[C@@H](COC(C)=O)OC(C)=O)O1. The molecule has 2 amide bonds. The molecule has 5 aliphatic rings. The van der Waals surface area contributed by atoms with Crippen LogP contribution in [0, 0.1) is 0 Å². The van der Waals surface area contributed by atoms with Gasteiger partial charge in [-0.05, 0) is 0 Å². The molecule has 640 valence electrons. The third-order valence-corrected chi connectivity index (χ3v) is 16.4. The summed E-state index contributed by atoms with van der Waals surface area (Å²) >= 11 is 0. The van der Waals surface area contributed by atoms with Crippen molar-refractivity contribution in [3.05, 3.63) is 0 Å². The van der Waals surface area contributed by atoms with Gasteiger partial charge in [-0.3, -0.25) is 81.5 Å². The second-order valence-electron chi connectivity index (χ2n) is 26.0. The number of amides is 2. The number of ether oxygens (including phenoxy) is 25. The molecule has 0 aromatic carbocycles. The lowest BCUT2D eigenvalue weighted by molar-refractivity contribution is -0.390. The highest BCUT2D eigenvalue weighted by molar-refractivity contribution is 5.79. The van der Waals surface area contributed by atoms with Gasteiger partial charge in [-0.1, -0.05) is 0 Å². The number of hydrogen-bond donors (Lipinski definition) is 3. The summed E-state index contributed by atoms with van der Waals surface area (Å²) in [4.78, 5) is 239. The molecule has 3 N–H and O–H groups in total. The molecule has 5 aliphatic heterocycles. The Hall–Kier alpha value is -9.94. The predicted molar refractivity (Wildman–Crippen MR) is 355 cm³/mol. The van der Waals surface area contributed by atoms with Gasteiger partial charge in [0.2, 0.25) is 11.8 Å². The lowest BCUT2D eigenvalue weighted by Gasteiger charge is -2.53. The van der Waals surface area contributed by atoms with Crippen LogP contribution in [-0.2, 0) is 205 Å². The fraction of sp³-hybridized carbons (Fsp3) is 0.735. The summed E-state index contributed by atoms with van der Waals surface area (Å²) in [6.07, 6.45) is -51.0. The van der Waals surface area contributed by atoms with Crippen molar-refractivity contribution in [1.29, 1.82) is 0 Å². The molecular formula is C68H94N2O44. The van der Waals surface area contributed by atoms with Gasteiger partial charge in [0.1, 0.15) is 100 Å². The van der Waals surface area contributed by atoms with Gasteiger partial charge < -0.3 is 134 Å². The van der Waals surface area contributed by atoms with Gasteiger partial charge in [-0.2, -0.15) is 0 Å². The van der Waals surface area contributed by atoms with E-state index in [-0.39, 0.29) is 0 Å². The Morgan fingerprint density at radius 1 is 0.360 bits per heavy atom. The molecule has 5 heterocycles. The van der Waals surface area contributed by atoms with Crippen LogP contribution >= 0.6 is 0 Å². The summed E-state index contributed by atoms with van der Waals surface area (Å²) in [7, 11) is 0.757. The molecular weight excluding hydrogens is 1550 g/mol. The van der Waals surface area contributed by atoms with Crippen molar-refractivity contribution in [2.45, 2.75) is 283 Å². The summed E-state index contributed by atoms with van der Waals surface area (Å²) in [5.41, 5.74) is 0. The number of aliphatic hydroxyl groups excluding tert-OH is 1. The number of nitrogens with one attached hydrogen (secondary N) is 2. The fourth-order valence-electron chi connectivity index (χ4n) is 12.7. The zero-order valence-corrected chi connectivity index (χ0v) is 65.2. The fourth-order valence-corrected chi connectivity index (χ4v) is 12.7. The first-order chi connectivity index (χ1) is 53.2. The first kappa shape index (κ1) is 94.7. The second-order valence-corrected chi connectivity index (χ2v) is 26.0. The topological polar surface area (TPSA) is 582 Å². The molecule has 5 rings (SSSR count). The number of hydrogen-bond acceptors (Lipinski definition) is 44. The summed E-state index contributed by atoms with van der Waals surface area (Å²) in [5.74, 6) is -24.1. The highest BCUT2D eigenvalue weighted by Gasteiger charge is 2.66. The Morgan fingerprint density at radius 3 is 1.12 bits per heavy atom. The second kappa shape index (κ2) is 43.0. The van der Waals surface area contributed by atoms with Crippen LogP contribution in [0.15, 0.2) is 0 Å². The van der Waals surface area contributed by atoms with E-state index in [0.717, 1.165) is 125 Å². The maximum atomic E-state index is 15.1. The maximum Gasteiger partial charge on any atom is 0.366 e. The Balaban J connectivity index is 1.87. The van der Waals surface area contributed by atoms with Crippen LogP contribution in [0.2, 0.25) is 0 Å². The molecule has 0 aromatic heterocycles. The van der Waals surface area contributed by atoms with Crippen molar-refractivity contribution in [1.82, 2.24) is 10.6 Å². The van der Waals surface area contributed by atoms with Crippen LogP contribution in [0.3, 0.4) is 0 Å². The van der Waals surface area contributed by atoms with Crippen LogP contribution in [-0.4, -0.2) is 312 Å². The number of esters is 16. The van der Waals surface area contributed by atoms with Crippen molar-refractivity contribution in [3.63, 3.8) is 0 Å². The average Bonchev–Trinajstić information content (AvgIpc) is 0.738.